The number of hydrogen-bond donors (Lipinski definition) is 2. The number of hydrogen-bond acceptors (Lipinski definition) is 5. The van der Waals surface area contributed by atoms with Crippen LogP contribution in [-0.2, 0) is 32.5 Å². The van der Waals surface area contributed by atoms with Crippen molar-refractivity contribution in [3.63, 3.8) is 0 Å². The highest BCUT2D eigenvalue weighted by Gasteiger charge is 2.36. The van der Waals surface area contributed by atoms with E-state index in [2.05, 4.69) is 10.6 Å². The second-order valence-corrected chi connectivity index (χ2v) is 13.0. The molecule has 8 nitrogen and oxygen atoms in total. The molecule has 2 aliphatic heterocycles. The summed E-state index contributed by atoms with van der Waals surface area (Å²) in [5, 5.41) is 6.36. The number of halogens is 2. The van der Waals surface area contributed by atoms with Gasteiger partial charge in [0.1, 0.15) is 11.6 Å². The van der Waals surface area contributed by atoms with E-state index in [1.165, 1.54) is 16.4 Å². The number of piperazine rings is 1. The molecular formula is C30H40F2N4O4S. The minimum atomic E-state index is -3.72. The minimum absolute atomic E-state index is 0.0517. The van der Waals surface area contributed by atoms with Crippen LogP contribution in [0.1, 0.15) is 50.7 Å². The van der Waals surface area contributed by atoms with E-state index in [-0.39, 0.29) is 42.1 Å². The number of sulfonamides is 1. The summed E-state index contributed by atoms with van der Waals surface area (Å²) < 4.78 is 56.1. The Morgan fingerprint density at radius 3 is 2.44 bits per heavy atom. The van der Waals surface area contributed by atoms with E-state index in [1.54, 1.807) is 17.0 Å². The molecule has 4 rings (SSSR count). The van der Waals surface area contributed by atoms with Crippen LogP contribution in [0.15, 0.2) is 47.4 Å². The van der Waals surface area contributed by atoms with Crippen molar-refractivity contribution < 1.29 is 26.8 Å². The Bertz CT molecular complexity index is 1300. The van der Waals surface area contributed by atoms with Crippen molar-refractivity contribution in [3.8, 4) is 0 Å². The molecule has 2 heterocycles. The molecule has 0 aromatic heterocycles. The Kier molecular flexibility index (Phi) is 10.5. The summed E-state index contributed by atoms with van der Waals surface area (Å²) in [7, 11) is -3.72. The molecule has 0 spiro atoms. The van der Waals surface area contributed by atoms with Crippen LogP contribution in [0.3, 0.4) is 0 Å². The molecule has 0 saturated carbocycles. The molecule has 2 aliphatic rings. The predicted molar refractivity (Wildman–Crippen MR) is 153 cm³/mol. The average Bonchev–Trinajstić information content (AvgIpc) is 3.31. The maximum absolute atomic E-state index is 14.0. The molecule has 2 aromatic rings. The average molecular weight is 591 g/mol. The molecule has 0 radical (unpaired) electrons. The third kappa shape index (κ3) is 8.11. The molecule has 41 heavy (non-hydrogen) atoms. The molecule has 0 aliphatic carbocycles. The second kappa shape index (κ2) is 13.8. The molecular weight excluding hydrogens is 550 g/mol. The molecule has 2 aromatic carbocycles. The van der Waals surface area contributed by atoms with Gasteiger partial charge in [0.2, 0.25) is 21.8 Å². The number of rotatable bonds is 12. The second-order valence-electron chi connectivity index (χ2n) is 11.0. The fourth-order valence-electron chi connectivity index (χ4n) is 5.60. The fourth-order valence-corrected chi connectivity index (χ4v) is 7.09. The van der Waals surface area contributed by atoms with E-state index < -0.39 is 33.6 Å². The number of carbonyl (C=O) groups is 2. The summed E-state index contributed by atoms with van der Waals surface area (Å²) >= 11 is 0. The topological polar surface area (TPSA) is 98.8 Å². The summed E-state index contributed by atoms with van der Waals surface area (Å²) in [6, 6.07) is 9.30. The van der Waals surface area contributed by atoms with Gasteiger partial charge < -0.3 is 15.5 Å². The summed E-state index contributed by atoms with van der Waals surface area (Å²) in [6.45, 7) is 5.92. The molecule has 2 unspecified atom stereocenters. The van der Waals surface area contributed by atoms with Gasteiger partial charge in [0, 0.05) is 57.3 Å². The maximum atomic E-state index is 14.0. The Labute approximate surface area is 241 Å². The van der Waals surface area contributed by atoms with Crippen molar-refractivity contribution in [2.45, 2.75) is 69.4 Å². The fraction of sp³-hybridized carbons (Fsp3) is 0.533. The van der Waals surface area contributed by atoms with Crippen LogP contribution in [0, 0.1) is 17.6 Å². The molecule has 2 saturated heterocycles. The normalized spacial score (nSPS) is 20.8. The first-order valence-corrected chi connectivity index (χ1v) is 15.9. The number of aryl methyl sites for hydroxylation is 1. The van der Waals surface area contributed by atoms with Gasteiger partial charge in [-0.2, -0.15) is 4.31 Å². The Hall–Kier alpha value is -2.89. The number of nitrogens with one attached hydrogen (secondary N) is 2. The highest BCUT2D eigenvalue weighted by atomic mass is 32.2. The lowest BCUT2D eigenvalue weighted by atomic mass is 9.97. The van der Waals surface area contributed by atoms with E-state index in [9.17, 15) is 26.8 Å². The molecule has 2 amide bonds. The number of nitrogens with zero attached hydrogens (tertiary/aromatic N) is 2. The maximum Gasteiger partial charge on any atom is 0.243 e. The van der Waals surface area contributed by atoms with Gasteiger partial charge in [-0.05, 0) is 61.1 Å². The number of benzene rings is 2. The van der Waals surface area contributed by atoms with Crippen molar-refractivity contribution >= 4 is 21.8 Å². The van der Waals surface area contributed by atoms with Gasteiger partial charge in [0.25, 0.3) is 0 Å². The Balaban J connectivity index is 1.47. The predicted octanol–water partition coefficient (Wildman–Crippen LogP) is 3.26. The van der Waals surface area contributed by atoms with E-state index >= 15 is 0 Å². The lowest BCUT2D eigenvalue weighted by Gasteiger charge is -2.35. The summed E-state index contributed by atoms with van der Waals surface area (Å²) in [5.74, 6) is -2.26. The van der Waals surface area contributed by atoms with E-state index in [0.29, 0.717) is 38.2 Å². The first kappa shape index (κ1) is 31.1. The molecule has 11 heteroatoms. The third-order valence-electron chi connectivity index (χ3n) is 7.87. The van der Waals surface area contributed by atoms with E-state index in [0.717, 1.165) is 30.9 Å². The van der Waals surface area contributed by atoms with Gasteiger partial charge in [-0.15, -0.1) is 0 Å². The lowest BCUT2D eigenvalue weighted by molar-refractivity contribution is -0.129. The molecule has 2 fully saturated rings. The van der Waals surface area contributed by atoms with Gasteiger partial charge >= 0.3 is 0 Å². The van der Waals surface area contributed by atoms with Crippen LogP contribution < -0.4 is 10.6 Å². The monoisotopic (exact) mass is 590 g/mol. The zero-order valence-electron chi connectivity index (χ0n) is 23.7. The standard InChI is InChI=1S/C30H40F2N4O4S/c1-3-5-11-35-19-23(16-29(35)37)30(38)34-26(15-22-13-24(31)17-25(32)14-22)18-27-20-36(12-10-33-27)41(39,40)28-8-6-21(4-2)7-9-28/h6-9,13-14,17,23,26-27,33H,3-5,10-12,15-16,18-20H2,1-2H3,(H,34,38)/t23?,26?,27-/m0/s1. The van der Waals surface area contributed by atoms with Crippen LogP contribution in [0.4, 0.5) is 8.78 Å². The largest absolute Gasteiger partial charge is 0.353 e. The van der Waals surface area contributed by atoms with Crippen LogP contribution in [-0.4, -0.2) is 74.2 Å². The summed E-state index contributed by atoms with van der Waals surface area (Å²) in [4.78, 5) is 27.7. The first-order chi connectivity index (χ1) is 19.6. The Morgan fingerprint density at radius 1 is 1.07 bits per heavy atom. The van der Waals surface area contributed by atoms with E-state index in [1.807, 2.05) is 26.0 Å². The van der Waals surface area contributed by atoms with Crippen LogP contribution in [0.2, 0.25) is 0 Å². The molecule has 3 atom stereocenters. The first-order valence-electron chi connectivity index (χ1n) is 14.4. The van der Waals surface area contributed by atoms with Gasteiger partial charge in [-0.25, -0.2) is 17.2 Å². The zero-order chi connectivity index (χ0) is 29.6. The Morgan fingerprint density at radius 2 is 1.78 bits per heavy atom. The highest BCUT2D eigenvalue weighted by Crippen LogP contribution is 2.22. The number of amides is 2. The minimum Gasteiger partial charge on any atom is -0.353 e. The SMILES string of the molecule is CCCCN1CC(C(=O)NC(Cc2cc(F)cc(F)c2)C[C@H]2CN(S(=O)(=O)c3ccc(CC)cc3)CCN2)CC1=O. The molecule has 2 N–H and O–H groups in total. The number of likely N-dealkylation sites (tertiary alicyclic amines) is 1. The quantitative estimate of drug-likeness (QED) is 0.396. The van der Waals surface area contributed by atoms with Crippen molar-refractivity contribution in [3.05, 3.63) is 65.2 Å². The van der Waals surface area contributed by atoms with Gasteiger partial charge in [-0.1, -0.05) is 32.4 Å². The summed E-state index contributed by atoms with van der Waals surface area (Å²) in [5.41, 5.74) is 1.43. The number of carbonyl (C=O) groups excluding carboxylic acids is 2. The lowest BCUT2D eigenvalue weighted by Crippen LogP contribution is -2.55. The third-order valence-corrected chi connectivity index (χ3v) is 9.75. The zero-order valence-corrected chi connectivity index (χ0v) is 24.6. The molecule has 224 valence electrons. The van der Waals surface area contributed by atoms with Gasteiger partial charge in [0.15, 0.2) is 0 Å². The van der Waals surface area contributed by atoms with Crippen molar-refractivity contribution in [1.82, 2.24) is 19.8 Å². The number of unbranched alkanes of at least 4 members (excludes halogenated alkanes) is 1. The van der Waals surface area contributed by atoms with Crippen LogP contribution in [0.25, 0.3) is 0 Å². The van der Waals surface area contributed by atoms with Crippen LogP contribution >= 0.6 is 0 Å². The van der Waals surface area contributed by atoms with Crippen LogP contribution in [0.5, 0.6) is 0 Å². The molecule has 0 bridgehead atoms. The van der Waals surface area contributed by atoms with Gasteiger partial charge in [0.05, 0.1) is 10.8 Å². The van der Waals surface area contributed by atoms with Crippen molar-refractivity contribution in [2.24, 2.45) is 5.92 Å². The van der Waals surface area contributed by atoms with Crippen molar-refractivity contribution in [1.29, 1.82) is 0 Å². The van der Waals surface area contributed by atoms with Gasteiger partial charge in [-0.3, -0.25) is 9.59 Å². The highest BCUT2D eigenvalue weighted by molar-refractivity contribution is 7.89. The van der Waals surface area contributed by atoms with E-state index in [4.69, 9.17) is 0 Å². The summed E-state index contributed by atoms with van der Waals surface area (Å²) in [6.07, 6.45) is 3.24. The smallest absolute Gasteiger partial charge is 0.243 e. The van der Waals surface area contributed by atoms with Crippen molar-refractivity contribution in [2.75, 3.05) is 32.7 Å².